The van der Waals surface area contributed by atoms with Gasteiger partial charge in [-0.25, -0.2) is 4.98 Å². The molecule has 0 unspecified atom stereocenters. The second-order valence-electron chi connectivity index (χ2n) is 10.5. The SMILES string of the molecule is c1ccc(-c2nc(-c3ccccc3)nc(N3B4c5c(cccc5-c5sccc53)-c3sccc3N4c3ccccc3)n2)cc1. The van der Waals surface area contributed by atoms with Crippen molar-refractivity contribution in [2.45, 2.75) is 0 Å². The summed E-state index contributed by atoms with van der Waals surface area (Å²) in [7, 11) is 0. The Hall–Kier alpha value is -5.05. The predicted octanol–water partition coefficient (Wildman–Crippen LogP) is 8.66. The molecule has 4 aromatic carbocycles. The summed E-state index contributed by atoms with van der Waals surface area (Å²) in [4.78, 5) is 22.7. The van der Waals surface area contributed by atoms with E-state index in [0.717, 1.165) is 22.5 Å². The summed E-state index contributed by atoms with van der Waals surface area (Å²) in [5.74, 6) is 1.93. The van der Waals surface area contributed by atoms with Crippen LogP contribution >= 0.6 is 22.7 Å². The van der Waals surface area contributed by atoms with Gasteiger partial charge in [-0.2, -0.15) is 9.97 Å². The zero-order valence-electron chi connectivity index (χ0n) is 22.8. The normalized spacial score (nSPS) is 13.0. The number of nitrogens with zero attached hydrogens (tertiary/aromatic N) is 5. The molecule has 0 saturated heterocycles. The number of hydrogen-bond acceptors (Lipinski definition) is 7. The van der Waals surface area contributed by atoms with E-state index in [1.54, 1.807) is 22.7 Å². The van der Waals surface area contributed by atoms with Crippen LogP contribution in [0.15, 0.2) is 132 Å². The molecule has 8 heteroatoms. The maximum Gasteiger partial charge on any atom is 0.424 e. The Balaban J connectivity index is 1.35. The average Bonchev–Trinajstić information content (AvgIpc) is 3.77. The van der Waals surface area contributed by atoms with Gasteiger partial charge in [0.05, 0.1) is 15.4 Å². The molecule has 0 atom stereocenters. The Morgan fingerprint density at radius 2 is 1.00 bits per heavy atom. The maximum absolute atomic E-state index is 5.21. The van der Waals surface area contributed by atoms with Gasteiger partial charge in [-0.05, 0) is 51.6 Å². The van der Waals surface area contributed by atoms with Crippen LogP contribution in [-0.4, -0.2) is 21.9 Å². The standard InChI is InChI=1S/C35H22BN5S2/c1-4-11-23(12-5-1)33-37-34(24-13-6-2-7-14-24)39-35(38-33)41-29-20-22-43-32(29)27-18-10-17-26-30(27)36(41)40(25-15-8-3-9-16-25)28-19-21-42-31(26)28/h1-22H. The zero-order valence-corrected chi connectivity index (χ0v) is 24.5. The van der Waals surface area contributed by atoms with Gasteiger partial charge >= 0.3 is 6.98 Å². The summed E-state index contributed by atoms with van der Waals surface area (Å²) in [5, 5.41) is 4.37. The first-order valence-corrected chi connectivity index (χ1v) is 15.9. The largest absolute Gasteiger partial charge is 0.424 e. The Bertz CT molecular complexity index is 2040. The minimum atomic E-state index is -0.201. The number of fused-ring (bicyclic) bond motifs is 4. The highest BCUT2D eigenvalue weighted by atomic mass is 32.1. The fraction of sp³-hybridized carbons (Fsp3) is 0. The molecule has 0 N–H and O–H groups in total. The maximum atomic E-state index is 5.21. The summed E-state index contributed by atoms with van der Waals surface area (Å²) in [6.45, 7) is -0.201. The van der Waals surface area contributed by atoms with E-state index < -0.39 is 0 Å². The molecule has 9 rings (SSSR count). The summed E-state index contributed by atoms with van der Waals surface area (Å²) >= 11 is 3.56. The van der Waals surface area contributed by atoms with E-state index in [-0.39, 0.29) is 6.98 Å². The van der Waals surface area contributed by atoms with Gasteiger partial charge in [0.1, 0.15) is 0 Å². The first-order valence-electron chi connectivity index (χ1n) is 14.1. The molecule has 0 spiro atoms. The van der Waals surface area contributed by atoms with Gasteiger partial charge in [0, 0.05) is 22.5 Å². The lowest BCUT2D eigenvalue weighted by atomic mass is 9.55. The van der Waals surface area contributed by atoms with Crippen LogP contribution in [0.5, 0.6) is 0 Å². The van der Waals surface area contributed by atoms with Gasteiger partial charge < -0.3 is 9.62 Å². The lowest BCUT2D eigenvalue weighted by Gasteiger charge is -2.45. The van der Waals surface area contributed by atoms with Crippen molar-refractivity contribution in [1.29, 1.82) is 0 Å². The summed E-state index contributed by atoms with van der Waals surface area (Å²) in [6.07, 6.45) is 0. The Labute approximate surface area is 257 Å². The van der Waals surface area contributed by atoms with Crippen molar-refractivity contribution in [3.05, 3.63) is 132 Å². The zero-order chi connectivity index (χ0) is 28.3. The molecule has 0 amide bonds. The molecule has 43 heavy (non-hydrogen) atoms. The minimum Gasteiger partial charge on any atom is -0.360 e. The van der Waals surface area contributed by atoms with Crippen LogP contribution in [0.25, 0.3) is 43.7 Å². The van der Waals surface area contributed by atoms with Gasteiger partial charge in [0.15, 0.2) is 11.6 Å². The third-order valence-electron chi connectivity index (χ3n) is 8.09. The number of benzene rings is 4. The molecule has 0 saturated carbocycles. The minimum absolute atomic E-state index is 0.201. The van der Waals surface area contributed by atoms with Crippen LogP contribution < -0.4 is 15.1 Å². The van der Waals surface area contributed by atoms with Crippen molar-refractivity contribution in [2.75, 3.05) is 9.62 Å². The summed E-state index contributed by atoms with van der Waals surface area (Å²) in [5.41, 5.74) is 9.13. The Morgan fingerprint density at radius 3 is 1.56 bits per heavy atom. The van der Waals surface area contributed by atoms with Gasteiger partial charge in [-0.15, -0.1) is 22.7 Å². The van der Waals surface area contributed by atoms with Crippen LogP contribution in [0.2, 0.25) is 0 Å². The Kier molecular flexibility index (Phi) is 5.57. The molecule has 5 nitrogen and oxygen atoms in total. The van der Waals surface area contributed by atoms with Crippen molar-refractivity contribution in [1.82, 2.24) is 15.0 Å². The Morgan fingerprint density at radius 1 is 0.488 bits per heavy atom. The van der Waals surface area contributed by atoms with Gasteiger partial charge in [-0.3, -0.25) is 0 Å². The van der Waals surface area contributed by atoms with Crippen molar-refractivity contribution in [3.63, 3.8) is 0 Å². The van der Waals surface area contributed by atoms with E-state index in [1.165, 1.54) is 32.0 Å². The molecule has 2 aliphatic rings. The summed E-state index contributed by atoms with van der Waals surface area (Å²) < 4.78 is 0. The second kappa shape index (κ2) is 9.76. The van der Waals surface area contributed by atoms with Crippen LogP contribution in [-0.2, 0) is 0 Å². The third-order valence-corrected chi connectivity index (χ3v) is 9.96. The van der Waals surface area contributed by atoms with E-state index in [9.17, 15) is 0 Å². The molecule has 0 aliphatic carbocycles. The average molecular weight is 588 g/mol. The molecular weight excluding hydrogens is 565 g/mol. The number of para-hydroxylation sites is 1. The molecule has 0 radical (unpaired) electrons. The van der Waals surface area contributed by atoms with E-state index in [0.29, 0.717) is 17.6 Å². The van der Waals surface area contributed by atoms with Crippen molar-refractivity contribution >= 4 is 58.1 Å². The quantitative estimate of drug-likeness (QED) is 0.193. The highest BCUT2D eigenvalue weighted by Gasteiger charge is 2.48. The highest BCUT2D eigenvalue weighted by molar-refractivity contribution is 7.16. The number of hydrogen-bond donors (Lipinski definition) is 0. The predicted molar refractivity (Wildman–Crippen MR) is 180 cm³/mol. The fourth-order valence-electron chi connectivity index (χ4n) is 6.26. The van der Waals surface area contributed by atoms with Crippen LogP contribution in [0.1, 0.15) is 0 Å². The van der Waals surface area contributed by atoms with Crippen LogP contribution in [0.4, 0.5) is 23.0 Å². The number of rotatable bonds is 4. The van der Waals surface area contributed by atoms with E-state index in [2.05, 4.69) is 105 Å². The van der Waals surface area contributed by atoms with Crippen molar-refractivity contribution in [2.24, 2.45) is 0 Å². The monoisotopic (exact) mass is 587 g/mol. The van der Waals surface area contributed by atoms with Crippen LogP contribution in [0.3, 0.4) is 0 Å². The first-order chi connectivity index (χ1) is 21.3. The summed E-state index contributed by atoms with van der Waals surface area (Å²) in [6, 6.07) is 42.2. The van der Waals surface area contributed by atoms with Crippen molar-refractivity contribution in [3.8, 4) is 43.7 Å². The lowest BCUT2D eigenvalue weighted by molar-refractivity contribution is 1.04. The molecule has 7 aromatic rings. The molecule has 202 valence electrons. The highest BCUT2D eigenvalue weighted by Crippen LogP contribution is 2.51. The fourth-order valence-corrected chi connectivity index (χ4v) is 8.11. The molecule has 0 fully saturated rings. The van der Waals surface area contributed by atoms with Crippen LogP contribution in [0, 0.1) is 0 Å². The van der Waals surface area contributed by atoms with Gasteiger partial charge in [0.25, 0.3) is 0 Å². The topological polar surface area (TPSA) is 45.2 Å². The van der Waals surface area contributed by atoms with Gasteiger partial charge in [-0.1, -0.05) is 97.1 Å². The number of aromatic nitrogens is 3. The van der Waals surface area contributed by atoms with Gasteiger partial charge in [0.2, 0.25) is 5.95 Å². The number of anilines is 4. The van der Waals surface area contributed by atoms with E-state index in [1.807, 2.05) is 36.4 Å². The second-order valence-corrected chi connectivity index (χ2v) is 12.3. The molecular formula is C35H22BN5S2. The molecule has 3 aromatic heterocycles. The lowest BCUT2D eigenvalue weighted by Crippen LogP contribution is -2.61. The third kappa shape index (κ3) is 3.80. The van der Waals surface area contributed by atoms with E-state index >= 15 is 0 Å². The molecule has 0 bridgehead atoms. The van der Waals surface area contributed by atoms with E-state index in [4.69, 9.17) is 15.0 Å². The first kappa shape index (κ1) is 24.5. The number of thiophene rings is 2. The smallest absolute Gasteiger partial charge is 0.360 e. The molecule has 2 aliphatic heterocycles. The van der Waals surface area contributed by atoms with Crippen molar-refractivity contribution < 1.29 is 0 Å². The molecule has 5 heterocycles.